The number of hydrogen-bond donors (Lipinski definition) is 3. The van der Waals surface area contributed by atoms with E-state index in [0.717, 1.165) is 44.9 Å². The highest BCUT2D eigenvalue weighted by molar-refractivity contribution is 5.76. The molecular formula is C69H133NO5. The second-order valence-electron chi connectivity index (χ2n) is 23.5. The van der Waals surface area contributed by atoms with Gasteiger partial charge in [-0.1, -0.05) is 334 Å². The smallest absolute Gasteiger partial charge is 0.305 e. The summed E-state index contributed by atoms with van der Waals surface area (Å²) < 4.78 is 5.48. The van der Waals surface area contributed by atoms with E-state index in [9.17, 15) is 19.8 Å². The number of ether oxygens (including phenoxy) is 1. The molecule has 0 rings (SSSR count). The predicted octanol–water partition coefficient (Wildman–Crippen LogP) is 21.8. The third kappa shape index (κ3) is 61.4. The molecular weight excluding hydrogens is 923 g/mol. The van der Waals surface area contributed by atoms with Gasteiger partial charge in [-0.25, -0.2) is 0 Å². The van der Waals surface area contributed by atoms with Crippen molar-refractivity contribution in [3.63, 3.8) is 0 Å². The second kappa shape index (κ2) is 64.9. The number of allylic oxidation sites excluding steroid dienone is 3. The van der Waals surface area contributed by atoms with Crippen LogP contribution in [0.3, 0.4) is 0 Å². The molecule has 2 unspecified atom stereocenters. The van der Waals surface area contributed by atoms with E-state index < -0.39 is 12.1 Å². The van der Waals surface area contributed by atoms with Gasteiger partial charge in [0.25, 0.3) is 0 Å². The molecule has 0 aliphatic rings. The Hall–Kier alpha value is -1.66. The van der Waals surface area contributed by atoms with Crippen LogP contribution in [-0.4, -0.2) is 47.4 Å². The van der Waals surface area contributed by atoms with Crippen molar-refractivity contribution in [3.05, 3.63) is 24.3 Å². The number of hydrogen-bond acceptors (Lipinski definition) is 5. The first-order valence-corrected chi connectivity index (χ1v) is 34.1. The molecule has 444 valence electrons. The molecule has 0 aliphatic carbocycles. The van der Waals surface area contributed by atoms with Gasteiger partial charge in [0, 0.05) is 12.8 Å². The number of carbonyl (C=O) groups excluding carboxylic acids is 2. The quantitative estimate of drug-likeness (QED) is 0.0320. The molecule has 1 amide bonds. The SMILES string of the molecule is CCCCCC/C=C\CCCCCCCC(=O)OCCCCCCCCCCCCCCCCCCCCCCCCCCCCCCCCCCC(=O)NC(CO)C(O)/C=C/CCCCCCCCCCCCC. The zero-order chi connectivity index (χ0) is 54.3. The summed E-state index contributed by atoms with van der Waals surface area (Å²) >= 11 is 0. The van der Waals surface area contributed by atoms with E-state index in [1.807, 2.05) is 6.08 Å². The zero-order valence-corrected chi connectivity index (χ0v) is 50.8. The number of rotatable bonds is 64. The van der Waals surface area contributed by atoms with Gasteiger partial charge in [0.05, 0.1) is 25.4 Å². The molecule has 0 bridgehead atoms. The van der Waals surface area contributed by atoms with E-state index >= 15 is 0 Å². The van der Waals surface area contributed by atoms with Crippen molar-refractivity contribution in [2.24, 2.45) is 0 Å². The van der Waals surface area contributed by atoms with Crippen molar-refractivity contribution < 1.29 is 24.5 Å². The van der Waals surface area contributed by atoms with Gasteiger partial charge < -0.3 is 20.3 Å². The molecule has 6 nitrogen and oxygen atoms in total. The minimum atomic E-state index is -0.840. The van der Waals surface area contributed by atoms with Gasteiger partial charge in [-0.2, -0.15) is 0 Å². The minimum absolute atomic E-state index is 0.0120. The van der Waals surface area contributed by atoms with E-state index in [2.05, 4.69) is 31.3 Å². The van der Waals surface area contributed by atoms with Crippen LogP contribution in [0.1, 0.15) is 380 Å². The maximum Gasteiger partial charge on any atom is 0.305 e. The van der Waals surface area contributed by atoms with Crippen molar-refractivity contribution in [3.8, 4) is 0 Å². The molecule has 2 atom stereocenters. The third-order valence-electron chi connectivity index (χ3n) is 16.0. The summed E-state index contributed by atoms with van der Waals surface area (Å²) in [4.78, 5) is 24.5. The Morgan fingerprint density at radius 1 is 0.360 bits per heavy atom. The van der Waals surface area contributed by atoms with E-state index in [1.165, 1.54) is 308 Å². The number of esters is 1. The molecule has 6 heteroatoms. The highest BCUT2D eigenvalue weighted by atomic mass is 16.5. The van der Waals surface area contributed by atoms with Crippen molar-refractivity contribution in [2.45, 2.75) is 392 Å². The molecule has 0 aliphatic heterocycles. The Labute approximate surface area is 469 Å². The average Bonchev–Trinajstić information content (AvgIpc) is 3.41. The molecule has 0 aromatic heterocycles. The molecule has 0 saturated heterocycles. The number of nitrogens with one attached hydrogen (secondary N) is 1. The fraction of sp³-hybridized carbons (Fsp3) is 0.913. The van der Waals surface area contributed by atoms with Crippen molar-refractivity contribution in [1.29, 1.82) is 0 Å². The number of carbonyl (C=O) groups is 2. The van der Waals surface area contributed by atoms with E-state index in [0.29, 0.717) is 19.4 Å². The molecule has 0 radical (unpaired) electrons. The lowest BCUT2D eigenvalue weighted by Crippen LogP contribution is -2.45. The zero-order valence-electron chi connectivity index (χ0n) is 50.8. The highest BCUT2D eigenvalue weighted by Crippen LogP contribution is 2.19. The molecule has 0 aromatic carbocycles. The number of amides is 1. The maximum absolute atomic E-state index is 12.5. The van der Waals surface area contributed by atoms with Crippen molar-refractivity contribution in [1.82, 2.24) is 5.32 Å². The fourth-order valence-electron chi connectivity index (χ4n) is 10.7. The average molecular weight is 1060 g/mol. The molecule has 0 saturated carbocycles. The monoisotopic (exact) mass is 1060 g/mol. The number of unbranched alkanes of at least 4 members (excludes halogenated alkanes) is 51. The number of aliphatic hydroxyl groups is 2. The van der Waals surface area contributed by atoms with Gasteiger partial charge in [-0.3, -0.25) is 9.59 Å². The molecule has 75 heavy (non-hydrogen) atoms. The first-order valence-electron chi connectivity index (χ1n) is 34.1. The Bertz CT molecular complexity index is 1170. The summed E-state index contributed by atoms with van der Waals surface area (Å²) in [7, 11) is 0. The van der Waals surface area contributed by atoms with Gasteiger partial charge in [0.2, 0.25) is 5.91 Å². The standard InChI is InChI=1S/C69H133NO5/c1-3-5-7-9-11-13-15-37-41-45-49-53-57-61-67(72)66(65-71)70-68(73)62-58-54-50-46-42-39-35-33-31-29-27-25-23-21-19-17-18-20-22-24-26-28-30-32-34-36-40-44-48-52-56-60-64-75-69(74)63-59-55-51-47-43-38-16-14-12-10-8-6-4-2/h14,16,57,61,66-67,71-72H,3-13,15,17-56,58-60,62-65H2,1-2H3,(H,70,73)/b16-14-,61-57+. The predicted molar refractivity (Wildman–Crippen MR) is 329 cm³/mol. The van der Waals surface area contributed by atoms with Crippen LogP contribution in [0.5, 0.6) is 0 Å². The Morgan fingerprint density at radius 2 is 0.627 bits per heavy atom. The van der Waals surface area contributed by atoms with Gasteiger partial charge in [0.1, 0.15) is 0 Å². The Balaban J connectivity index is 3.32. The van der Waals surface area contributed by atoms with Crippen LogP contribution in [0, 0.1) is 0 Å². The molecule has 0 fully saturated rings. The van der Waals surface area contributed by atoms with E-state index in [1.54, 1.807) is 6.08 Å². The molecule has 0 spiro atoms. The summed E-state index contributed by atoms with van der Waals surface area (Å²) in [5.74, 6) is -0.0500. The Morgan fingerprint density at radius 3 is 0.960 bits per heavy atom. The summed E-state index contributed by atoms with van der Waals surface area (Å²) in [6.07, 6.45) is 81.2. The van der Waals surface area contributed by atoms with Crippen LogP contribution in [-0.2, 0) is 14.3 Å². The lowest BCUT2D eigenvalue weighted by atomic mass is 10.0. The topological polar surface area (TPSA) is 95.9 Å². The summed E-state index contributed by atoms with van der Waals surface area (Å²) in [6, 6.07) is -0.623. The molecule has 3 N–H and O–H groups in total. The lowest BCUT2D eigenvalue weighted by Gasteiger charge is -2.20. The van der Waals surface area contributed by atoms with Crippen LogP contribution in [0.25, 0.3) is 0 Å². The Kier molecular flexibility index (Phi) is 63.4. The van der Waals surface area contributed by atoms with Crippen LogP contribution in [0.2, 0.25) is 0 Å². The van der Waals surface area contributed by atoms with Gasteiger partial charge in [0.15, 0.2) is 0 Å². The van der Waals surface area contributed by atoms with Crippen LogP contribution < -0.4 is 5.32 Å². The minimum Gasteiger partial charge on any atom is -0.466 e. The van der Waals surface area contributed by atoms with Crippen molar-refractivity contribution in [2.75, 3.05) is 13.2 Å². The third-order valence-corrected chi connectivity index (χ3v) is 16.0. The van der Waals surface area contributed by atoms with E-state index in [-0.39, 0.29) is 18.5 Å². The number of aliphatic hydroxyl groups excluding tert-OH is 2. The van der Waals surface area contributed by atoms with Crippen LogP contribution >= 0.6 is 0 Å². The second-order valence-corrected chi connectivity index (χ2v) is 23.5. The van der Waals surface area contributed by atoms with Crippen LogP contribution in [0.4, 0.5) is 0 Å². The first kappa shape index (κ1) is 73.3. The lowest BCUT2D eigenvalue weighted by molar-refractivity contribution is -0.143. The summed E-state index contributed by atoms with van der Waals surface area (Å²) in [6.45, 7) is 4.91. The molecule has 0 aromatic rings. The largest absolute Gasteiger partial charge is 0.466 e. The summed E-state index contributed by atoms with van der Waals surface area (Å²) in [5, 5.41) is 23.1. The summed E-state index contributed by atoms with van der Waals surface area (Å²) in [5.41, 5.74) is 0. The van der Waals surface area contributed by atoms with Gasteiger partial charge in [-0.05, 0) is 57.8 Å². The van der Waals surface area contributed by atoms with Crippen molar-refractivity contribution >= 4 is 11.9 Å². The normalized spacial score (nSPS) is 12.6. The molecule has 0 heterocycles. The maximum atomic E-state index is 12.5. The van der Waals surface area contributed by atoms with Crippen LogP contribution in [0.15, 0.2) is 24.3 Å². The van der Waals surface area contributed by atoms with E-state index in [4.69, 9.17) is 4.74 Å². The highest BCUT2D eigenvalue weighted by Gasteiger charge is 2.18. The first-order chi connectivity index (χ1) is 37.0. The fourth-order valence-corrected chi connectivity index (χ4v) is 10.7. The van der Waals surface area contributed by atoms with Gasteiger partial charge >= 0.3 is 5.97 Å². The van der Waals surface area contributed by atoms with Gasteiger partial charge in [-0.15, -0.1) is 0 Å².